The number of amides is 1. The summed E-state index contributed by atoms with van der Waals surface area (Å²) in [6.07, 6.45) is 3.23. The number of rotatable bonds is 4. The summed E-state index contributed by atoms with van der Waals surface area (Å²) < 4.78 is 5.96. The molecule has 1 aromatic rings. The predicted octanol–water partition coefficient (Wildman–Crippen LogP) is 4.39. The van der Waals surface area contributed by atoms with Gasteiger partial charge in [-0.15, -0.1) is 11.3 Å². The van der Waals surface area contributed by atoms with Crippen molar-refractivity contribution in [3.05, 3.63) is 20.3 Å². The number of likely N-dealkylation sites (tertiary alicyclic amines) is 1. The third kappa shape index (κ3) is 3.94. The van der Waals surface area contributed by atoms with Crippen molar-refractivity contribution in [3.8, 4) is 0 Å². The van der Waals surface area contributed by atoms with Crippen LogP contribution in [0.4, 0.5) is 0 Å². The number of hydrogen-bond acceptors (Lipinski definition) is 4. The Kier molecular flexibility index (Phi) is 6.12. The summed E-state index contributed by atoms with van der Waals surface area (Å²) in [5, 5.41) is 0. The lowest BCUT2D eigenvalue weighted by molar-refractivity contribution is -0.143. The molecule has 4 nitrogen and oxygen atoms in total. The van der Waals surface area contributed by atoms with Gasteiger partial charge in [-0.25, -0.2) is 4.79 Å². The summed E-state index contributed by atoms with van der Waals surface area (Å²) >= 11 is 12.9. The Labute approximate surface area is 144 Å². The predicted molar refractivity (Wildman–Crippen MR) is 88.9 cm³/mol. The highest BCUT2D eigenvalue weighted by Gasteiger charge is 2.31. The Hall–Kier alpha value is -0.780. The first-order valence-corrected chi connectivity index (χ1v) is 8.97. The molecule has 1 saturated heterocycles. The normalized spacial score (nSPS) is 19.8. The molecular weight excluding hydrogens is 345 g/mol. The van der Waals surface area contributed by atoms with Crippen molar-refractivity contribution in [1.82, 2.24) is 4.90 Å². The van der Waals surface area contributed by atoms with Gasteiger partial charge in [-0.1, -0.05) is 30.1 Å². The number of hydrogen-bond donors (Lipinski definition) is 0. The standard InChI is InChI=1S/C15H19Cl2NO3S/c1-3-10-6-4-5-7-18(10)14(19)9(2)21-15(20)11-8-12(16)22-13(11)17/h8-10H,3-7H2,1-2H3. The monoisotopic (exact) mass is 363 g/mol. The van der Waals surface area contributed by atoms with E-state index in [-0.39, 0.29) is 21.8 Å². The minimum Gasteiger partial charge on any atom is -0.449 e. The zero-order valence-electron chi connectivity index (χ0n) is 12.6. The van der Waals surface area contributed by atoms with Gasteiger partial charge in [-0.2, -0.15) is 0 Å². The molecule has 0 N–H and O–H groups in total. The summed E-state index contributed by atoms with van der Waals surface area (Å²) in [7, 11) is 0. The van der Waals surface area contributed by atoms with Crippen LogP contribution in [0.5, 0.6) is 0 Å². The van der Waals surface area contributed by atoms with Crippen LogP contribution in [0.15, 0.2) is 6.07 Å². The van der Waals surface area contributed by atoms with E-state index in [0.717, 1.165) is 43.6 Å². The summed E-state index contributed by atoms with van der Waals surface area (Å²) in [4.78, 5) is 26.5. The lowest BCUT2D eigenvalue weighted by atomic mass is 9.99. The fourth-order valence-corrected chi connectivity index (χ4v) is 4.14. The second-order valence-corrected chi connectivity index (χ2v) is 7.66. The van der Waals surface area contributed by atoms with E-state index in [1.807, 2.05) is 4.90 Å². The van der Waals surface area contributed by atoms with E-state index < -0.39 is 12.1 Å². The van der Waals surface area contributed by atoms with Crippen LogP contribution >= 0.6 is 34.5 Å². The Bertz CT molecular complexity index is 561. The van der Waals surface area contributed by atoms with E-state index in [1.165, 1.54) is 6.07 Å². The molecule has 1 aliphatic heterocycles. The van der Waals surface area contributed by atoms with Gasteiger partial charge in [0.1, 0.15) is 4.34 Å². The zero-order valence-corrected chi connectivity index (χ0v) is 14.9. The van der Waals surface area contributed by atoms with E-state index in [1.54, 1.807) is 6.92 Å². The van der Waals surface area contributed by atoms with Crippen molar-refractivity contribution >= 4 is 46.4 Å². The third-order valence-electron chi connectivity index (χ3n) is 3.89. The number of nitrogens with zero attached hydrogens (tertiary/aromatic N) is 1. The Morgan fingerprint density at radius 3 is 2.77 bits per heavy atom. The maximum atomic E-state index is 12.5. The van der Waals surface area contributed by atoms with Crippen LogP contribution in [0.2, 0.25) is 8.67 Å². The van der Waals surface area contributed by atoms with E-state index in [0.29, 0.717) is 4.34 Å². The first kappa shape index (κ1) is 17.6. The Morgan fingerprint density at radius 1 is 1.45 bits per heavy atom. The van der Waals surface area contributed by atoms with Crippen LogP contribution in [0.25, 0.3) is 0 Å². The van der Waals surface area contributed by atoms with Gasteiger partial charge in [0, 0.05) is 12.6 Å². The number of piperidine rings is 1. The van der Waals surface area contributed by atoms with E-state index >= 15 is 0 Å². The summed E-state index contributed by atoms with van der Waals surface area (Å²) in [6, 6.07) is 1.70. The van der Waals surface area contributed by atoms with E-state index in [4.69, 9.17) is 27.9 Å². The molecule has 1 aromatic heterocycles. The smallest absolute Gasteiger partial charge is 0.341 e. The fourth-order valence-electron chi connectivity index (χ4n) is 2.70. The lowest BCUT2D eigenvalue weighted by Gasteiger charge is -2.36. The van der Waals surface area contributed by atoms with Crippen LogP contribution in [0, 0.1) is 0 Å². The SMILES string of the molecule is CCC1CCCCN1C(=O)C(C)OC(=O)c1cc(Cl)sc1Cl. The highest BCUT2D eigenvalue weighted by atomic mass is 35.5. The molecule has 1 amide bonds. The molecule has 0 bridgehead atoms. The van der Waals surface area contributed by atoms with Crippen LogP contribution < -0.4 is 0 Å². The number of thiophene rings is 1. The second-order valence-electron chi connectivity index (χ2n) is 5.37. The van der Waals surface area contributed by atoms with Crippen molar-refractivity contribution < 1.29 is 14.3 Å². The minimum atomic E-state index is -0.825. The Morgan fingerprint density at radius 2 is 2.18 bits per heavy atom. The van der Waals surface area contributed by atoms with Crippen molar-refractivity contribution in [3.63, 3.8) is 0 Å². The van der Waals surface area contributed by atoms with E-state index in [9.17, 15) is 9.59 Å². The number of halogens is 2. The number of carbonyl (C=O) groups is 2. The zero-order chi connectivity index (χ0) is 16.3. The van der Waals surface area contributed by atoms with Crippen molar-refractivity contribution in [2.45, 2.75) is 51.7 Å². The van der Waals surface area contributed by atoms with Crippen LogP contribution in [-0.2, 0) is 9.53 Å². The molecule has 0 aromatic carbocycles. The third-order valence-corrected chi connectivity index (χ3v) is 5.38. The fraction of sp³-hybridized carbons (Fsp3) is 0.600. The van der Waals surface area contributed by atoms with Gasteiger partial charge in [0.15, 0.2) is 6.10 Å². The average molecular weight is 364 g/mol. The molecular formula is C15H19Cl2NO3S. The molecule has 1 fully saturated rings. The molecule has 0 saturated carbocycles. The van der Waals surface area contributed by atoms with Gasteiger partial charge in [0.2, 0.25) is 0 Å². The van der Waals surface area contributed by atoms with Gasteiger partial charge < -0.3 is 9.64 Å². The minimum absolute atomic E-state index is 0.141. The molecule has 2 atom stereocenters. The van der Waals surface area contributed by atoms with Crippen molar-refractivity contribution in [2.75, 3.05) is 6.54 Å². The van der Waals surface area contributed by atoms with Crippen LogP contribution in [0.3, 0.4) is 0 Å². The first-order valence-electron chi connectivity index (χ1n) is 7.40. The van der Waals surface area contributed by atoms with Crippen LogP contribution in [0.1, 0.15) is 49.9 Å². The molecule has 0 aliphatic carbocycles. The quantitative estimate of drug-likeness (QED) is 0.745. The molecule has 2 rings (SSSR count). The topological polar surface area (TPSA) is 46.6 Å². The van der Waals surface area contributed by atoms with Gasteiger partial charge in [0.25, 0.3) is 5.91 Å². The van der Waals surface area contributed by atoms with E-state index in [2.05, 4.69) is 6.92 Å². The number of carbonyl (C=O) groups excluding carboxylic acids is 2. The van der Waals surface area contributed by atoms with Gasteiger partial charge >= 0.3 is 5.97 Å². The number of ether oxygens (including phenoxy) is 1. The molecule has 7 heteroatoms. The molecule has 0 radical (unpaired) electrons. The van der Waals surface area contributed by atoms with Crippen molar-refractivity contribution in [1.29, 1.82) is 0 Å². The largest absolute Gasteiger partial charge is 0.449 e. The van der Waals surface area contributed by atoms with Crippen molar-refractivity contribution in [2.24, 2.45) is 0 Å². The van der Waals surface area contributed by atoms with Crippen LogP contribution in [-0.4, -0.2) is 35.5 Å². The molecule has 122 valence electrons. The second kappa shape index (κ2) is 7.66. The highest BCUT2D eigenvalue weighted by Crippen LogP contribution is 2.32. The maximum Gasteiger partial charge on any atom is 0.341 e. The molecule has 0 spiro atoms. The lowest BCUT2D eigenvalue weighted by Crippen LogP contribution is -2.48. The summed E-state index contributed by atoms with van der Waals surface area (Å²) in [5.41, 5.74) is 0.210. The van der Waals surface area contributed by atoms with Gasteiger partial charge in [-0.05, 0) is 38.7 Å². The molecule has 2 heterocycles. The van der Waals surface area contributed by atoms with Gasteiger partial charge in [0.05, 0.1) is 9.90 Å². The molecule has 2 unspecified atom stereocenters. The van der Waals surface area contributed by atoms with Gasteiger partial charge in [-0.3, -0.25) is 4.79 Å². The molecule has 1 aliphatic rings. The molecule has 22 heavy (non-hydrogen) atoms. The summed E-state index contributed by atoms with van der Waals surface area (Å²) in [5.74, 6) is -0.753. The Balaban J connectivity index is 2.01. The summed E-state index contributed by atoms with van der Waals surface area (Å²) in [6.45, 7) is 4.40. The number of esters is 1. The first-order chi connectivity index (χ1) is 10.4. The average Bonchev–Trinajstić information content (AvgIpc) is 2.85. The highest BCUT2D eigenvalue weighted by molar-refractivity contribution is 7.20. The maximum absolute atomic E-state index is 12.5.